The summed E-state index contributed by atoms with van der Waals surface area (Å²) in [5.74, 6) is 0.0204. The smallest absolute Gasteiger partial charge is 0.416 e. The Bertz CT molecular complexity index is 1380. The number of halogens is 3. The van der Waals surface area contributed by atoms with E-state index in [1.807, 2.05) is 13.8 Å². The summed E-state index contributed by atoms with van der Waals surface area (Å²) >= 11 is 1.04. The molecule has 12 heteroatoms. The van der Waals surface area contributed by atoms with Crippen LogP contribution in [0.3, 0.4) is 0 Å². The van der Waals surface area contributed by atoms with Crippen molar-refractivity contribution in [3.8, 4) is 16.3 Å². The highest BCUT2D eigenvalue weighted by Gasteiger charge is 2.30. The monoisotopic (exact) mass is 571 g/mol. The molecule has 0 aliphatic heterocycles. The first-order chi connectivity index (χ1) is 17.7. The van der Waals surface area contributed by atoms with Crippen molar-refractivity contribution in [3.05, 3.63) is 63.5 Å². The van der Waals surface area contributed by atoms with Gasteiger partial charge in [-0.1, -0.05) is 12.1 Å². The van der Waals surface area contributed by atoms with Crippen LogP contribution in [-0.4, -0.2) is 45.4 Å². The van der Waals surface area contributed by atoms with E-state index in [-0.39, 0.29) is 16.6 Å². The zero-order valence-electron chi connectivity index (χ0n) is 21.5. The van der Waals surface area contributed by atoms with E-state index in [1.165, 1.54) is 19.2 Å². The quantitative estimate of drug-likeness (QED) is 0.295. The highest BCUT2D eigenvalue weighted by Crippen LogP contribution is 2.35. The molecule has 0 unspecified atom stereocenters. The van der Waals surface area contributed by atoms with Gasteiger partial charge in [0.1, 0.15) is 17.4 Å². The van der Waals surface area contributed by atoms with Crippen LogP contribution in [-0.2, 0) is 43.3 Å². The van der Waals surface area contributed by atoms with E-state index in [1.54, 1.807) is 19.1 Å². The maximum absolute atomic E-state index is 12.9. The van der Waals surface area contributed by atoms with Gasteiger partial charge in [0, 0.05) is 24.8 Å². The van der Waals surface area contributed by atoms with Gasteiger partial charge in [-0.2, -0.15) is 13.2 Å². The number of carbonyl (C=O) groups excluding carboxylic acids is 1. The number of hydrogen-bond acceptors (Lipinski definition) is 8. The number of ether oxygens (including phenoxy) is 3. The summed E-state index contributed by atoms with van der Waals surface area (Å²) in [4.78, 5) is 16.6. The molecule has 0 saturated heterocycles. The van der Waals surface area contributed by atoms with E-state index in [4.69, 9.17) is 14.2 Å². The number of esters is 1. The lowest BCUT2D eigenvalue weighted by Crippen LogP contribution is -2.28. The van der Waals surface area contributed by atoms with Gasteiger partial charge in [0.15, 0.2) is 21.0 Å². The number of benzene rings is 2. The van der Waals surface area contributed by atoms with Crippen LogP contribution in [0.4, 0.5) is 13.2 Å². The van der Waals surface area contributed by atoms with Gasteiger partial charge in [-0.15, -0.1) is 11.3 Å². The van der Waals surface area contributed by atoms with E-state index < -0.39 is 33.7 Å². The molecule has 3 aromatic rings. The summed E-state index contributed by atoms with van der Waals surface area (Å²) < 4.78 is 79.7. The Hall–Kier alpha value is -2.96. The first kappa shape index (κ1) is 29.6. The Kier molecular flexibility index (Phi) is 9.21. The predicted molar refractivity (Wildman–Crippen MR) is 137 cm³/mol. The van der Waals surface area contributed by atoms with Crippen LogP contribution >= 0.6 is 11.3 Å². The van der Waals surface area contributed by atoms with Crippen LogP contribution in [0.25, 0.3) is 10.6 Å². The number of aromatic nitrogens is 1. The minimum atomic E-state index is -4.48. The zero-order chi connectivity index (χ0) is 28.3. The van der Waals surface area contributed by atoms with Crippen molar-refractivity contribution in [2.24, 2.45) is 0 Å². The topological polar surface area (TPSA) is 91.8 Å². The second-order valence-corrected chi connectivity index (χ2v) is 11.6. The molecule has 7 nitrogen and oxygen atoms in total. The molecule has 0 aliphatic carbocycles. The molecule has 0 fully saturated rings. The van der Waals surface area contributed by atoms with Crippen LogP contribution in [0, 0.1) is 13.8 Å². The molecular formula is C26H28F3NO6S2. The lowest BCUT2D eigenvalue weighted by molar-refractivity contribution is -0.153. The Balaban J connectivity index is 1.85. The first-order valence-electron chi connectivity index (χ1n) is 11.5. The van der Waals surface area contributed by atoms with Crippen molar-refractivity contribution in [2.75, 3.05) is 20.0 Å². The lowest BCUT2D eigenvalue weighted by Gasteiger charge is -2.18. The lowest BCUT2D eigenvalue weighted by atomic mass is 9.97. The number of carbonyl (C=O) groups is 1. The molecule has 0 bridgehead atoms. The van der Waals surface area contributed by atoms with Gasteiger partial charge in [-0.3, -0.25) is 0 Å². The number of rotatable bonds is 10. The van der Waals surface area contributed by atoms with Crippen LogP contribution in [0.5, 0.6) is 5.75 Å². The Labute approximate surface area is 223 Å². The van der Waals surface area contributed by atoms with Crippen LogP contribution in [0.15, 0.2) is 41.4 Å². The minimum absolute atomic E-state index is 0.108. The molecular weight excluding hydrogens is 543 g/mol. The highest BCUT2D eigenvalue weighted by molar-refractivity contribution is 7.90. The van der Waals surface area contributed by atoms with Gasteiger partial charge >= 0.3 is 12.1 Å². The summed E-state index contributed by atoms with van der Waals surface area (Å²) in [6.07, 6.45) is -3.89. The van der Waals surface area contributed by atoms with Crippen molar-refractivity contribution in [2.45, 2.75) is 51.1 Å². The van der Waals surface area contributed by atoms with Gasteiger partial charge in [-0.25, -0.2) is 18.2 Å². The third kappa shape index (κ3) is 7.12. The molecule has 0 saturated carbocycles. The number of hydrogen-bond donors (Lipinski definition) is 0. The van der Waals surface area contributed by atoms with E-state index in [0.717, 1.165) is 46.4 Å². The van der Waals surface area contributed by atoms with Crippen molar-refractivity contribution in [3.63, 3.8) is 0 Å². The van der Waals surface area contributed by atoms with Crippen LogP contribution < -0.4 is 4.74 Å². The van der Waals surface area contributed by atoms with E-state index in [0.29, 0.717) is 29.2 Å². The van der Waals surface area contributed by atoms with E-state index in [2.05, 4.69) is 4.98 Å². The third-order valence-corrected chi connectivity index (χ3v) is 7.98. The molecule has 2 aromatic carbocycles. The predicted octanol–water partition coefficient (Wildman–Crippen LogP) is 5.55. The Morgan fingerprint density at radius 3 is 2.21 bits per heavy atom. The van der Waals surface area contributed by atoms with E-state index >= 15 is 0 Å². The molecule has 0 amide bonds. The van der Waals surface area contributed by atoms with Gasteiger partial charge in [-0.05, 0) is 61.7 Å². The average Bonchev–Trinajstić information content (AvgIpc) is 3.28. The molecule has 3 rings (SSSR count). The number of alkyl halides is 3. The molecule has 0 radical (unpaired) electrons. The molecule has 0 N–H and O–H groups in total. The second kappa shape index (κ2) is 11.8. The molecule has 38 heavy (non-hydrogen) atoms. The summed E-state index contributed by atoms with van der Waals surface area (Å²) in [5, 5.41) is 0.0883. The fraction of sp³-hybridized carbons (Fsp3) is 0.385. The van der Waals surface area contributed by atoms with Crippen molar-refractivity contribution in [1.82, 2.24) is 4.98 Å². The van der Waals surface area contributed by atoms with E-state index in [9.17, 15) is 26.4 Å². The summed E-state index contributed by atoms with van der Waals surface area (Å²) in [6.45, 7) is 5.77. The minimum Gasteiger partial charge on any atom is -0.488 e. The van der Waals surface area contributed by atoms with Gasteiger partial charge in [0.2, 0.25) is 0 Å². The molecule has 206 valence electrons. The molecule has 1 heterocycles. The third-order valence-electron chi connectivity index (χ3n) is 5.73. The SMILES string of the molecule is CCO[C@@H](Cc1c(C)cc(OCc2sc(-c3ccc(C(F)(F)F)cc3)nc2S(C)(=O)=O)cc1C)C(=O)OC. The fourth-order valence-corrected chi connectivity index (χ4v) is 6.12. The number of nitrogens with zero attached hydrogens (tertiary/aromatic N) is 1. The molecule has 1 atom stereocenters. The molecule has 0 spiro atoms. The Morgan fingerprint density at radius 1 is 1.11 bits per heavy atom. The van der Waals surface area contributed by atoms with Gasteiger partial charge < -0.3 is 14.2 Å². The summed E-state index contributed by atoms with van der Waals surface area (Å²) in [7, 11) is -2.42. The van der Waals surface area contributed by atoms with Gasteiger partial charge in [0.05, 0.1) is 17.6 Å². The molecule has 1 aromatic heterocycles. The Morgan fingerprint density at radius 2 is 1.71 bits per heavy atom. The largest absolute Gasteiger partial charge is 0.488 e. The summed E-state index contributed by atoms with van der Waals surface area (Å²) in [5.41, 5.74) is 2.17. The van der Waals surface area contributed by atoms with Gasteiger partial charge in [0.25, 0.3) is 0 Å². The number of thiazole rings is 1. The average molecular weight is 572 g/mol. The van der Waals surface area contributed by atoms with Crippen molar-refractivity contribution in [1.29, 1.82) is 0 Å². The van der Waals surface area contributed by atoms with Crippen molar-refractivity contribution < 1.29 is 40.6 Å². The van der Waals surface area contributed by atoms with Crippen molar-refractivity contribution >= 4 is 27.1 Å². The maximum Gasteiger partial charge on any atom is 0.416 e. The molecule has 0 aliphatic rings. The maximum atomic E-state index is 12.9. The second-order valence-electron chi connectivity index (χ2n) is 8.59. The zero-order valence-corrected chi connectivity index (χ0v) is 23.1. The van der Waals surface area contributed by atoms with Crippen LogP contribution in [0.2, 0.25) is 0 Å². The highest BCUT2D eigenvalue weighted by atomic mass is 32.2. The number of sulfone groups is 1. The standard InChI is InChI=1S/C26H28F3NO6S2/c1-6-35-21(25(31)34-4)13-20-15(2)11-19(12-16(20)3)36-14-22-24(38(5,32)33)30-23(37-22)17-7-9-18(10-8-17)26(27,28)29/h7-12,21H,6,13-14H2,1-5H3/t21-/m0/s1. The normalized spacial score (nSPS) is 12.8. The summed E-state index contributed by atoms with van der Waals surface area (Å²) in [6, 6.07) is 7.93. The first-order valence-corrected chi connectivity index (χ1v) is 14.2. The fourth-order valence-electron chi connectivity index (χ4n) is 3.88. The number of methoxy groups -OCH3 is 1. The van der Waals surface area contributed by atoms with Crippen LogP contribution in [0.1, 0.15) is 34.1 Å². The number of aryl methyl sites for hydroxylation is 2.